The summed E-state index contributed by atoms with van der Waals surface area (Å²) in [6, 6.07) is 0. The molecule has 0 unspecified atom stereocenters. The first kappa shape index (κ1) is 25.7. The van der Waals surface area contributed by atoms with Crippen LogP contribution >= 0.6 is 11.3 Å². The predicted octanol–water partition coefficient (Wildman–Crippen LogP) is 2.56. The van der Waals surface area contributed by atoms with Crippen molar-refractivity contribution in [3.05, 3.63) is 22.7 Å². The van der Waals surface area contributed by atoms with Crippen LogP contribution in [0.15, 0.2) is 17.8 Å². The monoisotopic (exact) mass is 494 g/mol. The van der Waals surface area contributed by atoms with Crippen molar-refractivity contribution in [2.75, 3.05) is 24.6 Å². The van der Waals surface area contributed by atoms with Crippen LogP contribution in [0.5, 0.6) is 0 Å². The number of thiazole rings is 1. The van der Waals surface area contributed by atoms with Gasteiger partial charge in [0.15, 0.2) is 10.9 Å². The van der Waals surface area contributed by atoms with Crippen LogP contribution in [0.25, 0.3) is 0 Å². The quantitative estimate of drug-likeness (QED) is 0.273. The number of ether oxygens (including phenoxy) is 2. The Morgan fingerprint density at radius 3 is 2.68 bits per heavy atom. The Hall–Kier alpha value is -1.36. The second-order valence-corrected chi connectivity index (χ2v) is 11.2. The minimum absolute atomic E-state index is 0.0135. The molecule has 3 aliphatic rings. The lowest BCUT2D eigenvalue weighted by atomic mass is 9.85. The normalized spacial score (nSPS) is 34.1. The Kier molecular flexibility index (Phi) is 8.43. The van der Waals surface area contributed by atoms with Gasteiger partial charge in [0.2, 0.25) is 0 Å². The average molecular weight is 495 g/mol. The Bertz CT molecular complexity index is 867. The Balaban J connectivity index is 1.27. The van der Waals surface area contributed by atoms with Crippen LogP contribution in [-0.4, -0.2) is 82.4 Å². The molecule has 0 radical (unpaired) electrons. The molecular formula is C25H38N2O6S. The van der Waals surface area contributed by atoms with E-state index < -0.39 is 24.4 Å². The first-order valence-electron chi connectivity index (χ1n) is 12.5. The number of ketones is 1. The van der Waals surface area contributed by atoms with Crippen LogP contribution in [0.1, 0.15) is 62.5 Å². The molecule has 34 heavy (non-hydrogen) atoms. The summed E-state index contributed by atoms with van der Waals surface area (Å²) in [7, 11) is 0. The van der Waals surface area contributed by atoms with Gasteiger partial charge < -0.3 is 29.7 Å². The number of carbonyl (C=O) groups is 1. The number of carbonyl (C=O) groups excluding carboxylic acids is 1. The summed E-state index contributed by atoms with van der Waals surface area (Å²) in [4.78, 5) is 20.0. The summed E-state index contributed by atoms with van der Waals surface area (Å²) in [6.45, 7) is 7.85. The smallest absolute Gasteiger partial charge is 0.197 e. The molecule has 3 N–H and O–H groups in total. The van der Waals surface area contributed by atoms with Gasteiger partial charge in [0.25, 0.3) is 0 Å². The van der Waals surface area contributed by atoms with Gasteiger partial charge in [-0.3, -0.25) is 4.79 Å². The summed E-state index contributed by atoms with van der Waals surface area (Å²) in [5.74, 6) is -0.283. The number of hydrogen-bond acceptors (Lipinski definition) is 9. The molecular weight excluding hydrogens is 456 g/mol. The fourth-order valence-electron chi connectivity index (χ4n) is 4.99. The number of aliphatic hydroxyl groups excluding tert-OH is 3. The van der Waals surface area contributed by atoms with Gasteiger partial charge in [0.05, 0.1) is 48.2 Å². The van der Waals surface area contributed by atoms with E-state index in [9.17, 15) is 20.1 Å². The van der Waals surface area contributed by atoms with Crippen LogP contribution in [0.2, 0.25) is 0 Å². The summed E-state index contributed by atoms with van der Waals surface area (Å²) in [6.07, 6.45) is 4.77. The van der Waals surface area contributed by atoms with Gasteiger partial charge in [-0.2, -0.15) is 0 Å². The van der Waals surface area contributed by atoms with Gasteiger partial charge in [-0.25, -0.2) is 4.98 Å². The fourth-order valence-corrected chi connectivity index (χ4v) is 5.87. The fraction of sp³-hybridized carbons (Fsp3) is 0.760. The highest BCUT2D eigenvalue weighted by Crippen LogP contribution is 2.38. The Morgan fingerprint density at radius 1 is 1.24 bits per heavy atom. The summed E-state index contributed by atoms with van der Waals surface area (Å²) < 4.78 is 11.6. The number of piperidine rings is 1. The number of aliphatic hydroxyl groups is 3. The number of nitrogens with zero attached hydrogens (tertiary/aromatic N) is 2. The van der Waals surface area contributed by atoms with Crippen molar-refractivity contribution < 1.29 is 29.6 Å². The third-order valence-electron chi connectivity index (χ3n) is 7.44. The minimum atomic E-state index is -1.03. The van der Waals surface area contributed by atoms with E-state index in [1.807, 2.05) is 13.8 Å². The Labute approximate surface area is 205 Å². The number of epoxide rings is 1. The number of aromatic nitrogens is 1. The van der Waals surface area contributed by atoms with Crippen molar-refractivity contribution in [3.8, 4) is 0 Å². The maximum Gasteiger partial charge on any atom is 0.197 e. The van der Waals surface area contributed by atoms with Crippen LogP contribution in [0, 0.1) is 11.8 Å². The van der Waals surface area contributed by atoms with Gasteiger partial charge in [-0.1, -0.05) is 23.8 Å². The zero-order chi connectivity index (χ0) is 24.4. The molecule has 190 valence electrons. The zero-order valence-electron chi connectivity index (χ0n) is 20.3. The summed E-state index contributed by atoms with van der Waals surface area (Å²) in [5, 5.41) is 32.0. The number of anilines is 1. The summed E-state index contributed by atoms with van der Waals surface area (Å²) >= 11 is 1.42. The van der Waals surface area contributed by atoms with E-state index in [0.29, 0.717) is 24.3 Å². The molecule has 3 aliphatic heterocycles. The number of hydrogen-bond donors (Lipinski definition) is 3. The second kappa shape index (κ2) is 11.1. The SMILES string of the molecule is C/C(=C\C(=O)c1cnc(N2CCCCC2)s1)C[C@@H]1OC[C@H](C[C@@H]2O[C@H]2[C@@H](C)[C@H](C)O)[C@@H](O)[C@H]1O. The minimum Gasteiger partial charge on any atom is -0.393 e. The van der Waals surface area contributed by atoms with Gasteiger partial charge >= 0.3 is 0 Å². The van der Waals surface area contributed by atoms with Crippen molar-refractivity contribution in [3.63, 3.8) is 0 Å². The second-order valence-electron chi connectivity index (χ2n) is 10.2. The van der Waals surface area contributed by atoms with E-state index in [-0.39, 0.29) is 29.8 Å². The zero-order valence-corrected chi connectivity index (χ0v) is 21.1. The maximum atomic E-state index is 12.7. The largest absolute Gasteiger partial charge is 0.393 e. The molecule has 8 nitrogen and oxygen atoms in total. The van der Waals surface area contributed by atoms with E-state index in [2.05, 4.69) is 9.88 Å². The lowest BCUT2D eigenvalue weighted by Crippen LogP contribution is -2.50. The molecule has 0 bridgehead atoms. The van der Waals surface area contributed by atoms with Crippen molar-refractivity contribution in [2.24, 2.45) is 11.8 Å². The molecule has 3 fully saturated rings. The van der Waals surface area contributed by atoms with Crippen molar-refractivity contribution >= 4 is 22.3 Å². The van der Waals surface area contributed by atoms with Crippen molar-refractivity contribution in [2.45, 2.75) is 89.5 Å². The first-order valence-corrected chi connectivity index (χ1v) is 13.3. The molecule has 4 heterocycles. The molecule has 9 heteroatoms. The molecule has 4 rings (SSSR count). The predicted molar refractivity (Wildman–Crippen MR) is 130 cm³/mol. The molecule has 0 amide bonds. The van der Waals surface area contributed by atoms with Gasteiger partial charge in [-0.15, -0.1) is 0 Å². The average Bonchev–Trinajstić information content (AvgIpc) is 3.40. The van der Waals surface area contributed by atoms with E-state index in [1.165, 1.54) is 17.8 Å². The van der Waals surface area contributed by atoms with Gasteiger partial charge in [0.1, 0.15) is 6.10 Å². The highest BCUT2D eigenvalue weighted by atomic mass is 32.1. The lowest BCUT2D eigenvalue weighted by Gasteiger charge is -2.38. The summed E-state index contributed by atoms with van der Waals surface area (Å²) in [5.41, 5.74) is 0.795. The van der Waals surface area contributed by atoms with Crippen molar-refractivity contribution in [1.29, 1.82) is 0 Å². The highest BCUT2D eigenvalue weighted by molar-refractivity contribution is 7.17. The standard InChI is InChI=1S/C25H38N2O6S/c1-14(9-18(29)21-12-26-25(34-21)27-7-5-4-6-8-27)10-19-23(31)22(30)17(13-32-19)11-20-24(33-20)15(2)16(3)28/h9,12,15-17,19-20,22-24,28,30-31H,4-8,10-11,13H2,1-3H3/b14-9+/t15-,16-,17-,19-,20-,22+,23-,24-/m0/s1. The van der Waals surface area contributed by atoms with Gasteiger partial charge in [0, 0.05) is 24.9 Å². The molecule has 1 aromatic heterocycles. The topological polar surface area (TPSA) is 116 Å². The molecule has 0 aromatic carbocycles. The van der Waals surface area contributed by atoms with E-state index in [1.54, 1.807) is 19.2 Å². The first-order chi connectivity index (χ1) is 16.2. The number of allylic oxidation sites excluding steroid dienone is 1. The van der Waals surface area contributed by atoms with Crippen LogP contribution in [-0.2, 0) is 9.47 Å². The number of rotatable bonds is 9. The molecule has 3 saturated heterocycles. The van der Waals surface area contributed by atoms with E-state index >= 15 is 0 Å². The molecule has 0 spiro atoms. The van der Waals surface area contributed by atoms with E-state index in [4.69, 9.17) is 9.47 Å². The van der Waals surface area contributed by atoms with Gasteiger partial charge in [-0.05, 0) is 52.0 Å². The highest BCUT2D eigenvalue weighted by Gasteiger charge is 2.48. The molecule has 1 aromatic rings. The third kappa shape index (κ3) is 6.06. The third-order valence-corrected chi connectivity index (χ3v) is 8.51. The lowest BCUT2D eigenvalue weighted by molar-refractivity contribution is -0.165. The maximum absolute atomic E-state index is 12.7. The van der Waals surface area contributed by atoms with Crippen molar-refractivity contribution in [1.82, 2.24) is 4.98 Å². The Morgan fingerprint density at radius 2 is 1.97 bits per heavy atom. The van der Waals surface area contributed by atoms with Crippen LogP contribution < -0.4 is 4.90 Å². The van der Waals surface area contributed by atoms with Crippen LogP contribution in [0.4, 0.5) is 5.13 Å². The van der Waals surface area contributed by atoms with E-state index in [0.717, 1.165) is 36.6 Å². The molecule has 0 saturated carbocycles. The molecule has 0 aliphatic carbocycles. The molecule has 8 atom stereocenters. The van der Waals surface area contributed by atoms with Crippen LogP contribution in [0.3, 0.4) is 0 Å².